The van der Waals surface area contributed by atoms with Crippen LogP contribution in [-0.2, 0) is 4.79 Å². The van der Waals surface area contributed by atoms with E-state index in [9.17, 15) is 9.90 Å². The summed E-state index contributed by atoms with van der Waals surface area (Å²) in [7, 11) is 3.03. The third-order valence-corrected chi connectivity index (χ3v) is 7.66. The number of hydrogen-bond donors (Lipinski definition) is 1. The van der Waals surface area contributed by atoms with E-state index in [-0.39, 0.29) is 25.3 Å². The number of halogens is 2. The Kier molecular flexibility index (Phi) is 7.18. The van der Waals surface area contributed by atoms with Crippen LogP contribution in [0.2, 0.25) is 0 Å². The van der Waals surface area contributed by atoms with Crippen LogP contribution in [-0.4, -0.2) is 53.4 Å². The number of alkyl halides is 2. The summed E-state index contributed by atoms with van der Waals surface area (Å²) in [5, 5.41) is 15.4. The van der Waals surface area contributed by atoms with Crippen molar-refractivity contribution in [2.45, 2.75) is 84.3 Å². The molecule has 1 aliphatic carbocycles. The van der Waals surface area contributed by atoms with Gasteiger partial charge in [-0.3, -0.25) is 4.79 Å². The van der Waals surface area contributed by atoms with E-state index in [0.717, 1.165) is 4.90 Å². The molecule has 1 aliphatic heterocycles. The lowest BCUT2D eigenvalue weighted by atomic mass is 9.58. The number of benzene rings is 1. The van der Waals surface area contributed by atoms with Crippen molar-refractivity contribution in [3.63, 3.8) is 0 Å². The van der Waals surface area contributed by atoms with Crippen LogP contribution in [0.25, 0.3) is 0 Å². The standard InChI is InChI=1S/C28H38F2N2O6/c1-17-22(31-38-23(17)37-18-10-11-20(35-6)21(13-18)36-7)19-9-8-12-32(19)24(33)28(29,30)27(34)15-25(2,3)14-26(4,5)16-27/h10-11,13,19,34H,8-9,12,14-16H2,1-7H3/t19-/m0/s1. The van der Waals surface area contributed by atoms with Gasteiger partial charge in [0.2, 0.25) is 0 Å². The highest BCUT2D eigenvalue weighted by atomic mass is 19.3. The number of rotatable bonds is 7. The fourth-order valence-electron chi connectivity index (χ4n) is 6.69. The maximum absolute atomic E-state index is 15.9. The summed E-state index contributed by atoms with van der Waals surface area (Å²) in [4.78, 5) is 14.6. The molecular weight excluding hydrogens is 498 g/mol. The molecule has 0 spiro atoms. The summed E-state index contributed by atoms with van der Waals surface area (Å²) in [5.74, 6) is -3.84. The summed E-state index contributed by atoms with van der Waals surface area (Å²) >= 11 is 0. The SMILES string of the molecule is COc1ccc(Oc2onc([C@@H]3CCCN3C(=O)C(F)(F)C3(O)CC(C)(C)CC(C)(C)C3)c2C)cc1OC. The van der Waals surface area contributed by atoms with Crippen LogP contribution in [0.3, 0.4) is 0 Å². The summed E-state index contributed by atoms with van der Waals surface area (Å²) < 4.78 is 53.6. The molecule has 4 rings (SSSR count). The molecule has 0 unspecified atom stereocenters. The average Bonchev–Trinajstić information content (AvgIpc) is 3.42. The second-order valence-corrected chi connectivity index (χ2v) is 12.2. The fraction of sp³-hybridized carbons (Fsp3) is 0.643. The molecular formula is C28H38F2N2O6. The minimum absolute atomic E-state index is 0.0905. The maximum Gasteiger partial charge on any atom is 0.352 e. The zero-order valence-corrected chi connectivity index (χ0v) is 23.2. The van der Waals surface area contributed by atoms with Crippen LogP contribution in [0.5, 0.6) is 23.2 Å². The van der Waals surface area contributed by atoms with Crippen molar-refractivity contribution in [2.24, 2.45) is 10.8 Å². The number of ether oxygens (including phenoxy) is 3. The number of aromatic nitrogens is 1. The van der Waals surface area contributed by atoms with Gasteiger partial charge in [-0.2, -0.15) is 8.78 Å². The number of hydrogen-bond acceptors (Lipinski definition) is 7. The van der Waals surface area contributed by atoms with Crippen LogP contribution in [0.1, 0.15) is 77.1 Å². The van der Waals surface area contributed by atoms with Crippen molar-refractivity contribution in [2.75, 3.05) is 20.8 Å². The number of carbonyl (C=O) groups is 1. The normalized spacial score (nSPS) is 22.3. The molecule has 1 saturated heterocycles. The van der Waals surface area contributed by atoms with Gasteiger partial charge in [-0.1, -0.05) is 32.9 Å². The largest absolute Gasteiger partial charge is 0.493 e. The molecule has 210 valence electrons. The number of carbonyl (C=O) groups excluding carboxylic acids is 1. The molecule has 1 atom stereocenters. The molecule has 2 fully saturated rings. The van der Waals surface area contributed by atoms with E-state index in [0.29, 0.717) is 47.8 Å². The topological polar surface area (TPSA) is 94.3 Å². The molecule has 2 aliphatic rings. The summed E-state index contributed by atoms with van der Waals surface area (Å²) in [6.07, 6.45) is 1.33. The Morgan fingerprint density at radius 2 is 1.74 bits per heavy atom. The summed E-state index contributed by atoms with van der Waals surface area (Å²) in [6.45, 7) is 9.28. The Bertz CT molecular complexity index is 1180. The minimum Gasteiger partial charge on any atom is -0.493 e. The molecule has 1 N–H and O–H groups in total. The smallest absolute Gasteiger partial charge is 0.352 e. The van der Waals surface area contributed by atoms with Crippen LogP contribution in [0.4, 0.5) is 8.78 Å². The number of aliphatic hydroxyl groups is 1. The summed E-state index contributed by atoms with van der Waals surface area (Å²) in [5.41, 5.74) is -2.65. The number of likely N-dealkylation sites (tertiary alicyclic amines) is 1. The van der Waals surface area contributed by atoms with E-state index < -0.39 is 34.3 Å². The van der Waals surface area contributed by atoms with Crippen molar-refractivity contribution in [3.8, 4) is 23.2 Å². The van der Waals surface area contributed by atoms with Gasteiger partial charge < -0.3 is 28.7 Å². The van der Waals surface area contributed by atoms with Crippen molar-refractivity contribution < 1.29 is 37.4 Å². The molecule has 8 nitrogen and oxygen atoms in total. The van der Waals surface area contributed by atoms with Gasteiger partial charge in [-0.15, -0.1) is 0 Å². The van der Waals surface area contributed by atoms with E-state index in [1.54, 1.807) is 25.1 Å². The molecule has 10 heteroatoms. The first kappa shape index (κ1) is 28.1. The molecule has 1 aromatic carbocycles. The highest BCUT2D eigenvalue weighted by molar-refractivity contribution is 5.85. The van der Waals surface area contributed by atoms with Gasteiger partial charge in [0.15, 0.2) is 11.5 Å². The second-order valence-electron chi connectivity index (χ2n) is 12.2. The number of amides is 1. The lowest BCUT2D eigenvalue weighted by Crippen LogP contribution is -2.62. The third-order valence-electron chi connectivity index (χ3n) is 7.66. The van der Waals surface area contributed by atoms with Crippen LogP contribution in [0.15, 0.2) is 22.7 Å². The Balaban J connectivity index is 1.58. The van der Waals surface area contributed by atoms with Gasteiger partial charge in [0.25, 0.3) is 5.91 Å². The molecule has 38 heavy (non-hydrogen) atoms. The first-order chi connectivity index (χ1) is 17.6. The van der Waals surface area contributed by atoms with Crippen molar-refractivity contribution >= 4 is 5.91 Å². The highest BCUT2D eigenvalue weighted by Crippen LogP contribution is 2.55. The molecule has 1 amide bonds. The van der Waals surface area contributed by atoms with Crippen LogP contribution in [0, 0.1) is 17.8 Å². The molecule has 2 aromatic rings. The Morgan fingerprint density at radius 1 is 1.11 bits per heavy atom. The zero-order chi connectivity index (χ0) is 28.1. The predicted molar refractivity (Wildman–Crippen MR) is 136 cm³/mol. The molecule has 1 saturated carbocycles. The first-order valence-electron chi connectivity index (χ1n) is 12.9. The second kappa shape index (κ2) is 9.70. The van der Waals surface area contributed by atoms with E-state index in [2.05, 4.69) is 5.16 Å². The lowest BCUT2D eigenvalue weighted by Gasteiger charge is -2.51. The van der Waals surface area contributed by atoms with E-state index >= 15 is 8.78 Å². The Hall–Kier alpha value is -2.88. The van der Waals surface area contributed by atoms with Gasteiger partial charge in [-0.05, 0) is 62.0 Å². The molecule has 0 radical (unpaired) electrons. The van der Waals surface area contributed by atoms with Crippen molar-refractivity contribution in [1.29, 1.82) is 0 Å². The Morgan fingerprint density at radius 3 is 2.34 bits per heavy atom. The monoisotopic (exact) mass is 536 g/mol. The van der Waals surface area contributed by atoms with Crippen LogP contribution < -0.4 is 14.2 Å². The van der Waals surface area contributed by atoms with Gasteiger partial charge >= 0.3 is 11.9 Å². The minimum atomic E-state index is -3.96. The van der Waals surface area contributed by atoms with Gasteiger partial charge in [0.05, 0.1) is 25.8 Å². The van der Waals surface area contributed by atoms with E-state index in [1.165, 1.54) is 14.2 Å². The number of nitrogens with zero attached hydrogens (tertiary/aromatic N) is 2. The first-order valence-corrected chi connectivity index (χ1v) is 12.9. The van der Waals surface area contributed by atoms with E-state index in [4.69, 9.17) is 18.7 Å². The van der Waals surface area contributed by atoms with Gasteiger partial charge in [0, 0.05) is 12.6 Å². The zero-order valence-electron chi connectivity index (χ0n) is 23.2. The predicted octanol–water partition coefficient (Wildman–Crippen LogP) is 6.06. The summed E-state index contributed by atoms with van der Waals surface area (Å²) in [6, 6.07) is 4.26. The Labute approximate surface area is 222 Å². The molecule has 2 heterocycles. The lowest BCUT2D eigenvalue weighted by molar-refractivity contribution is -0.231. The third kappa shape index (κ3) is 5.07. The van der Waals surface area contributed by atoms with Gasteiger partial charge in [0.1, 0.15) is 17.0 Å². The molecule has 0 bridgehead atoms. The maximum atomic E-state index is 15.9. The number of methoxy groups -OCH3 is 2. The highest BCUT2D eigenvalue weighted by Gasteiger charge is 2.65. The van der Waals surface area contributed by atoms with Crippen molar-refractivity contribution in [1.82, 2.24) is 10.1 Å². The fourth-order valence-corrected chi connectivity index (χ4v) is 6.69. The van der Waals surface area contributed by atoms with Crippen LogP contribution >= 0.6 is 0 Å². The average molecular weight is 537 g/mol. The molecule has 1 aromatic heterocycles. The van der Waals surface area contributed by atoms with Crippen molar-refractivity contribution in [3.05, 3.63) is 29.5 Å². The van der Waals surface area contributed by atoms with Gasteiger partial charge in [-0.25, -0.2) is 0 Å². The quantitative estimate of drug-likeness (QED) is 0.460. The van der Waals surface area contributed by atoms with E-state index in [1.807, 2.05) is 27.7 Å².